The monoisotopic (exact) mass is 445 g/mol. The van der Waals surface area contributed by atoms with Gasteiger partial charge in [0.2, 0.25) is 5.91 Å². The predicted molar refractivity (Wildman–Crippen MR) is 131 cm³/mol. The third-order valence-electron chi connectivity index (χ3n) is 5.58. The molecule has 2 aromatic rings. The van der Waals surface area contributed by atoms with Crippen molar-refractivity contribution in [3.05, 3.63) is 78.5 Å². The van der Waals surface area contributed by atoms with Crippen LogP contribution in [0.15, 0.2) is 98.8 Å². The summed E-state index contributed by atoms with van der Waals surface area (Å²) >= 11 is 0. The Kier molecular flexibility index (Phi) is 10.1. The van der Waals surface area contributed by atoms with Crippen LogP contribution < -0.4 is 4.90 Å². The average Bonchev–Trinajstić information content (AvgIpc) is 2.85. The second-order valence-corrected chi connectivity index (χ2v) is 7.75. The molecule has 0 atom stereocenters. The first-order valence-electron chi connectivity index (χ1n) is 11.4. The van der Waals surface area contributed by atoms with Gasteiger partial charge in [0, 0.05) is 37.8 Å². The molecule has 0 spiro atoms. The van der Waals surface area contributed by atoms with Gasteiger partial charge in [-0.2, -0.15) is 0 Å². The second-order valence-electron chi connectivity index (χ2n) is 7.75. The van der Waals surface area contributed by atoms with Gasteiger partial charge in [-0.1, -0.05) is 55.5 Å². The summed E-state index contributed by atoms with van der Waals surface area (Å²) in [4.78, 5) is 17.1. The molecule has 0 aromatic heterocycles. The van der Waals surface area contributed by atoms with E-state index in [1.807, 2.05) is 30.0 Å². The molecular weight excluding hydrogens is 414 g/mol. The van der Waals surface area contributed by atoms with Crippen molar-refractivity contribution in [2.75, 3.05) is 24.5 Å². The zero-order chi connectivity index (χ0) is 23.1. The Labute approximate surface area is 195 Å². The van der Waals surface area contributed by atoms with Gasteiger partial charge in [-0.25, -0.2) is 0 Å². The molecule has 2 aliphatic heterocycles. The van der Waals surface area contributed by atoms with E-state index in [0.29, 0.717) is 12.5 Å². The Hall–Kier alpha value is -3.52. The fraction of sp³-hybridized carbons (Fsp3) is 0.360. The van der Waals surface area contributed by atoms with Gasteiger partial charge in [-0.3, -0.25) is 4.79 Å². The van der Waals surface area contributed by atoms with Crippen molar-refractivity contribution in [3.8, 4) is 0 Å². The lowest BCUT2D eigenvalue weighted by Gasteiger charge is -2.38. The number of carbonyl (C=O) groups excluding carboxylic acids is 1. The van der Waals surface area contributed by atoms with Crippen LogP contribution in [0.3, 0.4) is 0 Å². The van der Waals surface area contributed by atoms with E-state index in [1.165, 1.54) is 18.0 Å². The zero-order valence-corrected chi connectivity index (χ0v) is 19.1. The van der Waals surface area contributed by atoms with Crippen molar-refractivity contribution in [2.24, 2.45) is 25.9 Å². The highest BCUT2D eigenvalue weighted by molar-refractivity contribution is 5.93. The molecule has 172 valence electrons. The van der Waals surface area contributed by atoms with E-state index in [2.05, 4.69) is 73.2 Å². The largest absolute Gasteiger partial charge is 0.309 e. The van der Waals surface area contributed by atoms with Gasteiger partial charge in [0.1, 0.15) is 0 Å². The number of rotatable bonds is 6. The van der Waals surface area contributed by atoms with E-state index in [0.717, 1.165) is 44.6 Å². The Bertz CT molecular complexity index is 893. The first kappa shape index (κ1) is 24.1. The molecule has 0 radical (unpaired) electrons. The zero-order valence-electron chi connectivity index (χ0n) is 19.1. The quantitative estimate of drug-likeness (QED) is 0.592. The van der Waals surface area contributed by atoms with Crippen molar-refractivity contribution in [1.29, 1.82) is 0 Å². The summed E-state index contributed by atoms with van der Waals surface area (Å²) in [6, 6.07) is 21.1. The van der Waals surface area contributed by atoms with Crippen LogP contribution in [0.4, 0.5) is 5.69 Å². The van der Waals surface area contributed by atoms with E-state index in [4.69, 9.17) is 0 Å². The van der Waals surface area contributed by atoms with E-state index < -0.39 is 0 Å². The maximum atomic E-state index is 12.5. The molecule has 8 heteroatoms. The van der Waals surface area contributed by atoms with Crippen LogP contribution in [0.2, 0.25) is 0 Å². The van der Waals surface area contributed by atoms with Crippen LogP contribution in [0.25, 0.3) is 0 Å². The fourth-order valence-electron chi connectivity index (χ4n) is 3.89. The van der Waals surface area contributed by atoms with Gasteiger partial charge in [0.25, 0.3) is 0 Å². The Morgan fingerprint density at radius 3 is 2.36 bits per heavy atom. The van der Waals surface area contributed by atoms with Gasteiger partial charge >= 0.3 is 0 Å². The summed E-state index contributed by atoms with van der Waals surface area (Å²) in [5.41, 5.74) is 2.44. The number of carbonyl (C=O) groups is 1. The lowest BCUT2D eigenvalue weighted by Crippen LogP contribution is -2.47. The maximum absolute atomic E-state index is 12.5. The molecular formula is C25H31N7O. The molecule has 2 heterocycles. The Balaban J connectivity index is 0.000000323. The van der Waals surface area contributed by atoms with E-state index in [1.54, 1.807) is 6.08 Å². The van der Waals surface area contributed by atoms with Crippen molar-refractivity contribution < 1.29 is 4.79 Å². The number of hydrogen-bond donors (Lipinski definition) is 0. The highest BCUT2D eigenvalue weighted by Gasteiger charge is 2.28. The summed E-state index contributed by atoms with van der Waals surface area (Å²) in [6.45, 7) is 5.19. The molecule has 8 nitrogen and oxygen atoms in total. The van der Waals surface area contributed by atoms with Gasteiger partial charge < -0.3 is 9.80 Å². The first-order chi connectivity index (χ1) is 16.3. The molecule has 1 amide bonds. The van der Waals surface area contributed by atoms with Gasteiger partial charge in [-0.05, 0) is 58.7 Å². The summed E-state index contributed by atoms with van der Waals surface area (Å²) in [5.74, 6) is 0.230. The summed E-state index contributed by atoms with van der Waals surface area (Å²) in [7, 11) is 0. The van der Waals surface area contributed by atoms with E-state index in [-0.39, 0.29) is 5.91 Å². The average molecular weight is 446 g/mol. The minimum atomic E-state index is 0.230. The number of amides is 1. The van der Waals surface area contributed by atoms with Gasteiger partial charge in [0.15, 0.2) is 0 Å². The molecule has 4 rings (SSSR count). The summed E-state index contributed by atoms with van der Waals surface area (Å²) in [6.07, 6.45) is 8.32. The van der Waals surface area contributed by atoms with Gasteiger partial charge in [-0.15, -0.1) is 10.2 Å². The highest BCUT2D eigenvalue weighted by Crippen LogP contribution is 2.24. The topological polar surface area (TPSA) is 85.3 Å². The number of nitrogens with zero attached hydrogens (tertiary/aromatic N) is 7. The van der Waals surface area contributed by atoms with Crippen LogP contribution in [-0.4, -0.2) is 42.7 Å². The van der Waals surface area contributed by atoms with Crippen molar-refractivity contribution >= 4 is 17.8 Å². The summed E-state index contributed by atoms with van der Waals surface area (Å²) < 4.78 is 0. The molecule has 2 aliphatic rings. The third-order valence-corrected chi connectivity index (χ3v) is 5.58. The minimum Gasteiger partial charge on any atom is -0.309 e. The number of para-hydroxylation sites is 1. The number of likely N-dealkylation sites (tertiary alicyclic amines) is 1. The standard InChI is InChI=1S/C22H28N2O.C3H3N5/c1-2-22(25)24(20-11-7-4-8-12-20)21-14-17-23(18-15-21)16-13-19-9-5-3-6-10-19;1-2-4-6-8-7-5-3-1/h3-12,21H,2,13-18H2,1H3;1-3H/b;2-1?,3-1?,4-2?,5-3?,6-4?,7-5?,8-6-,8-7?. The maximum Gasteiger partial charge on any atom is 0.226 e. The number of hydrogen-bond acceptors (Lipinski definition) is 7. The SMILES string of the molecule is C1=CN=N/N=N\N=C1.CCC(=O)N(c1ccccc1)C1CCN(CCc2ccccc2)CC1. The van der Waals surface area contributed by atoms with E-state index >= 15 is 0 Å². The number of anilines is 1. The smallest absolute Gasteiger partial charge is 0.226 e. The Morgan fingerprint density at radius 1 is 0.970 bits per heavy atom. The molecule has 1 fully saturated rings. The minimum absolute atomic E-state index is 0.230. The van der Waals surface area contributed by atoms with Crippen LogP contribution in [0.5, 0.6) is 0 Å². The third kappa shape index (κ3) is 8.16. The van der Waals surface area contributed by atoms with Crippen molar-refractivity contribution in [3.63, 3.8) is 0 Å². The molecule has 0 N–H and O–H groups in total. The highest BCUT2D eigenvalue weighted by atomic mass is 16.2. The van der Waals surface area contributed by atoms with Crippen molar-refractivity contribution in [1.82, 2.24) is 4.90 Å². The Morgan fingerprint density at radius 2 is 1.67 bits per heavy atom. The first-order valence-corrected chi connectivity index (χ1v) is 11.4. The van der Waals surface area contributed by atoms with Crippen LogP contribution >= 0.6 is 0 Å². The van der Waals surface area contributed by atoms with E-state index in [9.17, 15) is 4.79 Å². The predicted octanol–water partition coefficient (Wildman–Crippen LogP) is 5.46. The molecule has 0 unspecified atom stereocenters. The number of piperidine rings is 1. The van der Waals surface area contributed by atoms with Crippen LogP contribution in [-0.2, 0) is 11.2 Å². The lowest BCUT2D eigenvalue weighted by molar-refractivity contribution is -0.119. The van der Waals surface area contributed by atoms with Crippen LogP contribution in [0, 0.1) is 0 Å². The number of benzene rings is 2. The van der Waals surface area contributed by atoms with Crippen molar-refractivity contribution in [2.45, 2.75) is 38.6 Å². The van der Waals surface area contributed by atoms with Crippen LogP contribution in [0.1, 0.15) is 31.7 Å². The molecule has 1 saturated heterocycles. The fourth-order valence-corrected chi connectivity index (χ4v) is 3.89. The second kappa shape index (κ2) is 13.8. The lowest BCUT2D eigenvalue weighted by atomic mass is 10.0. The van der Waals surface area contributed by atoms with Gasteiger partial charge in [0.05, 0.1) is 12.4 Å². The summed E-state index contributed by atoms with van der Waals surface area (Å²) in [5, 5.41) is 16.4. The normalized spacial score (nSPS) is 16.9. The molecule has 0 aliphatic carbocycles. The molecule has 33 heavy (non-hydrogen) atoms. The molecule has 2 aromatic carbocycles. The molecule has 0 bridgehead atoms. The number of allylic oxidation sites excluding steroid dienone is 1. The molecule has 0 saturated carbocycles.